The van der Waals surface area contributed by atoms with E-state index in [2.05, 4.69) is 5.32 Å². The molecular weight excluding hydrogens is 228 g/mol. The molecule has 2 atom stereocenters. The predicted molar refractivity (Wildman–Crippen MR) is 65.4 cm³/mol. The minimum atomic E-state index is -1.01. The molecule has 0 saturated heterocycles. The van der Waals surface area contributed by atoms with Gasteiger partial charge in [-0.3, -0.25) is 0 Å². The summed E-state index contributed by atoms with van der Waals surface area (Å²) in [6.07, 6.45) is -1.42. The van der Waals surface area contributed by atoms with Crippen LogP contribution in [0.2, 0.25) is 5.02 Å². The summed E-state index contributed by atoms with van der Waals surface area (Å²) in [7, 11) is 1.78. The zero-order valence-electron chi connectivity index (χ0n) is 9.15. The Labute approximate surface area is 100 Å². The lowest BCUT2D eigenvalue weighted by molar-refractivity contribution is 0.0141. The molecule has 0 heterocycles. The SMILES string of the molecule is CNCCC(O)C(O)c1cc(N)ccc1Cl. The maximum absolute atomic E-state index is 9.90. The Hall–Kier alpha value is -0.810. The number of anilines is 1. The highest BCUT2D eigenvalue weighted by Crippen LogP contribution is 2.28. The fourth-order valence-corrected chi connectivity index (χ4v) is 1.68. The fraction of sp³-hybridized carbons (Fsp3) is 0.455. The van der Waals surface area contributed by atoms with Crippen molar-refractivity contribution in [3.63, 3.8) is 0 Å². The van der Waals surface area contributed by atoms with Gasteiger partial charge in [-0.2, -0.15) is 0 Å². The summed E-state index contributed by atoms with van der Waals surface area (Å²) in [5.74, 6) is 0. The first-order valence-electron chi connectivity index (χ1n) is 5.12. The van der Waals surface area contributed by atoms with E-state index < -0.39 is 12.2 Å². The third-order valence-electron chi connectivity index (χ3n) is 2.39. The lowest BCUT2D eigenvalue weighted by Crippen LogP contribution is -2.23. The van der Waals surface area contributed by atoms with Crippen LogP contribution >= 0.6 is 11.6 Å². The molecule has 16 heavy (non-hydrogen) atoms. The van der Waals surface area contributed by atoms with Gasteiger partial charge < -0.3 is 21.3 Å². The van der Waals surface area contributed by atoms with E-state index in [1.54, 1.807) is 25.2 Å². The van der Waals surface area contributed by atoms with Crippen molar-refractivity contribution in [1.82, 2.24) is 5.32 Å². The van der Waals surface area contributed by atoms with Crippen molar-refractivity contribution >= 4 is 17.3 Å². The van der Waals surface area contributed by atoms with Gasteiger partial charge in [-0.1, -0.05) is 11.6 Å². The van der Waals surface area contributed by atoms with Crippen LogP contribution in [0.1, 0.15) is 18.1 Å². The van der Waals surface area contributed by atoms with E-state index in [1.165, 1.54) is 0 Å². The first kappa shape index (κ1) is 13.3. The molecule has 0 aliphatic heterocycles. The van der Waals surface area contributed by atoms with Crippen LogP contribution in [0.15, 0.2) is 18.2 Å². The van der Waals surface area contributed by atoms with Gasteiger partial charge >= 0.3 is 0 Å². The van der Waals surface area contributed by atoms with Crippen LogP contribution in [0.5, 0.6) is 0 Å². The van der Waals surface area contributed by atoms with Gasteiger partial charge in [0.05, 0.1) is 6.10 Å². The molecule has 4 nitrogen and oxygen atoms in total. The smallest absolute Gasteiger partial charge is 0.106 e. The van der Waals surface area contributed by atoms with Crippen LogP contribution in [-0.4, -0.2) is 29.9 Å². The standard InChI is InChI=1S/C11H17ClN2O2/c1-14-5-4-10(15)11(16)8-6-7(13)2-3-9(8)12/h2-3,6,10-11,14-16H,4-5,13H2,1H3. The summed E-state index contributed by atoms with van der Waals surface area (Å²) in [4.78, 5) is 0. The number of nitrogen functional groups attached to an aromatic ring is 1. The summed E-state index contributed by atoms with van der Waals surface area (Å²) in [5, 5.41) is 22.9. The van der Waals surface area contributed by atoms with Gasteiger partial charge in [0, 0.05) is 16.3 Å². The van der Waals surface area contributed by atoms with E-state index in [9.17, 15) is 10.2 Å². The summed E-state index contributed by atoms with van der Waals surface area (Å²) in [6, 6.07) is 4.84. The van der Waals surface area contributed by atoms with Crippen molar-refractivity contribution in [3.05, 3.63) is 28.8 Å². The molecule has 0 aliphatic rings. The van der Waals surface area contributed by atoms with Crippen molar-refractivity contribution in [2.45, 2.75) is 18.6 Å². The van der Waals surface area contributed by atoms with E-state index in [0.29, 0.717) is 29.2 Å². The molecule has 1 aromatic rings. The second-order valence-electron chi connectivity index (χ2n) is 3.69. The molecule has 0 saturated carbocycles. The second kappa shape index (κ2) is 6.06. The molecule has 0 aliphatic carbocycles. The van der Waals surface area contributed by atoms with Crippen molar-refractivity contribution in [2.24, 2.45) is 0 Å². The molecule has 0 fully saturated rings. The third kappa shape index (κ3) is 3.35. The highest BCUT2D eigenvalue weighted by Gasteiger charge is 2.20. The van der Waals surface area contributed by atoms with Gasteiger partial charge in [0.2, 0.25) is 0 Å². The fourth-order valence-electron chi connectivity index (χ4n) is 1.45. The molecule has 0 aromatic heterocycles. The maximum atomic E-state index is 9.90. The van der Waals surface area contributed by atoms with Gasteiger partial charge in [-0.05, 0) is 38.2 Å². The normalized spacial score (nSPS) is 14.8. The zero-order chi connectivity index (χ0) is 12.1. The lowest BCUT2D eigenvalue weighted by atomic mass is 10.0. The number of aliphatic hydroxyl groups excluding tert-OH is 2. The summed E-state index contributed by atoms with van der Waals surface area (Å²) < 4.78 is 0. The quantitative estimate of drug-likeness (QED) is 0.581. The molecule has 2 unspecified atom stereocenters. The van der Waals surface area contributed by atoms with Gasteiger partial charge in [-0.25, -0.2) is 0 Å². The minimum Gasteiger partial charge on any atom is -0.399 e. The van der Waals surface area contributed by atoms with E-state index >= 15 is 0 Å². The number of hydrogen-bond donors (Lipinski definition) is 4. The number of benzene rings is 1. The number of rotatable bonds is 5. The Morgan fingerprint density at radius 3 is 2.75 bits per heavy atom. The largest absolute Gasteiger partial charge is 0.399 e. The Balaban J connectivity index is 2.78. The minimum absolute atomic E-state index is 0.408. The number of nitrogens with two attached hydrogens (primary N) is 1. The first-order chi connectivity index (χ1) is 7.56. The third-order valence-corrected chi connectivity index (χ3v) is 2.74. The van der Waals surface area contributed by atoms with Gasteiger partial charge in [0.15, 0.2) is 0 Å². The molecule has 5 N–H and O–H groups in total. The number of hydrogen-bond acceptors (Lipinski definition) is 4. The number of halogens is 1. The topological polar surface area (TPSA) is 78.5 Å². The molecule has 0 bridgehead atoms. The zero-order valence-corrected chi connectivity index (χ0v) is 9.91. The van der Waals surface area contributed by atoms with Crippen molar-refractivity contribution in [3.8, 4) is 0 Å². The van der Waals surface area contributed by atoms with E-state index in [4.69, 9.17) is 17.3 Å². The van der Waals surface area contributed by atoms with Gasteiger partial charge in [0.1, 0.15) is 6.10 Å². The van der Waals surface area contributed by atoms with Crippen LogP contribution in [0.25, 0.3) is 0 Å². The van der Waals surface area contributed by atoms with Crippen LogP contribution in [0.4, 0.5) is 5.69 Å². The molecule has 1 aromatic carbocycles. The Morgan fingerprint density at radius 2 is 2.12 bits per heavy atom. The Kier molecular flexibility index (Phi) is 5.02. The van der Waals surface area contributed by atoms with E-state index in [1.807, 2.05) is 0 Å². The summed E-state index contributed by atoms with van der Waals surface area (Å²) >= 11 is 5.93. The molecule has 5 heteroatoms. The van der Waals surface area contributed by atoms with Crippen molar-refractivity contribution in [2.75, 3.05) is 19.3 Å². The molecule has 0 amide bonds. The van der Waals surface area contributed by atoms with Gasteiger partial charge in [-0.15, -0.1) is 0 Å². The molecule has 0 spiro atoms. The Morgan fingerprint density at radius 1 is 1.44 bits per heavy atom. The van der Waals surface area contributed by atoms with Gasteiger partial charge in [0.25, 0.3) is 0 Å². The highest BCUT2D eigenvalue weighted by molar-refractivity contribution is 6.31. The second-order valence-corrected chi connectivity index (χ2v) is 4.09. The first-order valence-corrected chi connectivity index (χ1v) is 5.49. The van der Waals surface area contributed by atoms with Crippen LogP contribution < -0.4 is 11.1 Å². The molecular formula is C11H17ClN2O2. The molecule has 0 radical (unpaired) electrons. The lowest BCUT2D eigenvalue weighted by Gasteiger charge is -2.19. The monoisotopic (exact) mass is 244 g/mol. The number of aliphatic hydroxyl groups is 2. The number of nitrogens with one attached hydrogen (secondary N) is 1. The van der Waals surface area contributed by atoms with Crippen molar-refractivity contribution < 1.29 is 10.2 Å². The average molecular weight is 245 g/mol. The summed E-state index contributed by atoms with van der Waals surface area (Å²) in [6.45, 7) is 0.623. The Bertz CT molecular complexity index is 347. The van der Waals surface area contributed by atoms with Crippen molar-refractivity contribution in [1.29, 1.82) is 0 Å². The molecule has 1 rings (SSSR count). The van der Waals surface area contributed by atoms with Crippen LogP contribution in [-0.2, 0) is 0 Å². The summed E-state index contributed by atoms with van der Waals surface area (Å²) in [5.41, 5.74) is 6.58. The van der Waals surface area contributed by atoms with E-state index in [-0.39, 0.29) is 0 Å². The molecule has 90 valence electrons. The highest BCUT2D eigenvalue weighted by atomic mass is 35.5. The van der Waals surface area contributed by atoms with E-state index in [0.717, 1.165) is 0 Å². The maximum Gasteiger partial charge on any atom is 0.106 e. The average Bonchev–Trinajstić information content (AvgIpc) is 2.28. The van der Waals surface area contributed by atoms with Crippen LogP contribution in [0.3, 0.4) is 0 Å². The predicted octanol–water partition coefficient (Wildman–Crippen LogP) is 0.926. The van der Waals surface area contributed by atoms with Crippen LogP contribution in [0, 0.1) is 0 Å².